The molecule has 0 spiro atoms. The first kappa shape index (κ1) is 13.5. The minimum absolute atomic E-state index is 0.122. The summed E-state index contributed by atoms with van der Waals surface area (Å²) < 4.78 is 10.6. The van der Waals surface area contributed by atoms with Gasteiger partial charge >= 0.3 is 0 Å². The van der Waals surface area contributed by atoms with Crippen molar-refractivity contribution in [2.24, 2.45) is 5.92 Å². The zero-order chi connectivity index (χ0) is 14.3. The lowest BCUT2D eigenvalue weighted by Gasteiger charge is -2.28. The fourth-order valence-corrected chi connectivity index (χ4v) is 3.58. The summed E-state index contributed by atoms with van der Waals surface area (Å²) in [5.41, 5.74) is 6.01. The van der Waals surface area contributed by atoms with Gasteiger partial charge in [0.1, 0.15) is 12.9 Å². The maximum absolute atomic E-state index is 12.4. The summed E-state index contributed by atoms with van der Waals surface area (Å²) in [6.07, 6.45) is 1.63. The van der Waals surface area contributed by atoms with Crippen molar-refractivity contribution in [3.8, 4) is 0 Å². The molecule has 1 aromatic carbocycles. The van der Waals surface area contributed by atoms with Crippen LogP contribution in [0.15, 0.2) is 23.8 Å². The third kappa shape index (κ3) is 1.93. The minimum Gasteiger partial charge on any atom is -0.359 e. The monoisotopic (exact) mass is 272 g/mol. The molecule has 2 unspecified atom stereocenters. The Hall–Kier alpha value is -1.45. The normalized spacial score (nSPS) is 24.9. The molecule has 0 saturated heterocycles. The third-order valence-corrected chi connectivity index (χ3v) is 4.54. The van der Waals surface area contributed by atoms with Crippen molar-refractivity contribution in [3.63, 3.8) is 0 Å². The van der Waals surface area contributed by atoms with Gasteiger partial charge in [-0.15, -0.1) is 0 Å². The number of fused-ring (bicyclic) bond motifs is 3. The molecule has 3 nitrogen and oxygen atoms in total. The van der Waals surface area contributed by atoms with Crippen LogP contribution in [-0.4, -0.2) is 25.8 Å². The van der Waals surface area contributed by atoms with Gasteiger partial charge in [0.05, 0.1) is 0 Å². The largest absolute Gasteiger partial charge is 0.359 e. The number of ether oxygens (including phenoxy) is 2. The van der Waals surface area contributed by atoms with Crippen molar-refractivity contribution in [1.29, 1.82) is 0 Å². The average molecular weight is 272 g/mol. The van der Waals surface area contributed by atoms with E-state index in [1.54, 1.807) is 7.11 Å². The quantitative estimate of drug-likeness (QED) is 0.794. The zero-order valence-electron chi connectivity index (χ0n) is 12.2. The number of carbonyl (C=O) groups excluding carboxylic acids is 1. The van der Waals surface area contributed by atoms with Gasteiger partial charge in [-0.25, -0.2) is 0 Å². The molecule has 3 heteroatoms. The van der Waals surface area contributed by atoms with Crippen LogP contribution in [0.4, 0.5) is 0 Å². The highest BCUT2D eigenvalue weighted by Crippen LogP contribution is 2.46. The van der Waals surface area contributed by atoms with Crippen LogP contribution >= 0.6 is 0 Å². The molecule has 2 atom stereocenters. The van der Waals surface area contributed by atoms with Crippen LogP contribution in [0.5, 0.6) is 0 Å². The molecule has 0 N–H and O–H groups in total. The third-order valence-electron chi connectivity index (χ3n) is 4.54. The Morgan fingerprint density at radius 1 is 1.30 bits per heavy atom. The molecule has 1 aromatic rings. The molecule has 0 bridgehead atoms. The van der Waals surface area contributed by atoms with Gasteiger partial charge in [0.15, 0.2) is 5.78 Å². The molecule has 0 saturated carbocycles. The fourth-order valence-electron chi connectivity index (χ4n) is 3.58. The summed E-state index contributed by atoms with van der Waals surface area (Å²) in [4.78, 5) is 12.4. The summed E-state index contributed by atoms with van der Waals surface area (Å²) in [5.74, 6) is 0.309. The number of ketones is 1. The van der Waals surface area contributed by atoms with Crippen LogP contribution in [0.25, 0.3) is 5.57 Å². The maximum atomic E-state index is 12.4. The van der Waals surface area contributed by atoms with E-state index in [1.807, 2.05) is 6.92 Å². The lowest BCUT2D eigenvalue weighted by atomic mass is 9.78. The SMILES string of the molecule is COCOC1C(=O)C(C)=C2c3cccc(C)c3CCC21. The molecule has 0 radical (unpaired) electrons. The van der Waals surface area contributed by atoms with Crippen molar-refractivity contribution in [2.45, 2.75) is 32.8 Å². The van der Waals surface area contributed by atoms with Gasteiger partial charge in [-0.2, -0.15) is 0 Å². The summed E-state index contributed by atoms with van der Waals surface area (Å²) in [6.45, 7) is 4.25. The summed E-state index contributed by atoms with van der Waals surface area (Å²) >= 11 is 0. The van der Waals surface area contributed by atoms with Gasteiger partial charge in [0.25, 0.3) is 0 Å². The van der Waals surface area contributed by atoms with Crippen LogP contribution in [0.3, 0.4) is 0 Å². The molecular formula is C17H20O3. The van der Waals surface area contributed by atoms with Crippen molar-refractivity contribution in [3.05, 3.63) is 40.5 Å². The van der Waals surface area contributed by atoms with Gasteiger partial charge in [-0.1, -0.05) is 18.2 Å². The second-order valence-corrected chi connectivity index (χ2v) is 5.64. The first-order chi connectivity index (χ1) is 9.65. The second-order valence-electron chi connectivity index (χ2n) is 5.64. The second kappa shape index (κ2) is 5.15. The highest BCUT2D eigenvalue weighted by molar-refractivity contribution is 6.11. The Balaban J connectivity index is 2.03. The van der Waals surface area contributed by atoms with E-state index >= 15 is 0 Å². The Bertz CT molecular complexity index is 586. The van der Waals surface area contributed by atoms with Gasteiger partial charge in [-0.3, -0.25) is 4.79 Å². The Kier molecular flexibility index (Phi) is 3.48. The summed E-state index contributed by atoms with van der Waals surface area (Å²) in [7, 11) is 1.58. The topological polar surface area (TPSA) is 35.5 Å². The number of hydrogen-bond acceptors (Lipinski definition) is 3. The van der Waals surface area contributed by atoms with Crippen molar-refractivity contribution >= 4 is 11.4 Å². The van der Waals surface area contributed by atoms with Gasteiger partial charge < -0.3 is 9.47 Å². The van der Waals surface area contributed by atoms with Crippen molar-refractivity contribution in [2.75, 3.05) is 13.9 Å². The van der Waals surface area contributed by atoms with E-state index in [-0.39, 0.29) is 24.6 Å². The van der Waals surface area contributed by atoms with Crippen molar-refractivity contribution in [1.82, 2.24) is 0 Å². The number of Topliss-reactive ketones (excluding diaryl/α,β-unsaturated/α-hetero) is 1. The van der Waals surface area contributed by atoms with E-state index in [1.165, 1.54) is 22.3 Å². The van der Waals surface area contributed by atoms with E-state index in [0.29, 0.717) is 0 Å². The van der Waals surface area contributed by atoms with Gasteiger partial charge in [-0.05, 0) is 54.5 Å². The fraction of sp³-hybridized carbons (Fsp3) is 0.471. The molecule has 0 heterocycles. The minimum atomic E-state index is -0.362. The Morgan fingerprint density at radius 3 is 2.85 bits per heavy atom. The lowest BCUT2D eigenvalue weighted by molar-refractivity contribution is -0.137. The molecule has 3 rings (SSSR count). The number of carbonyl (C=O) groups is 1. The van der Waals surface area contributed by atoms with E-state index < -0.39 is 0 Å². The van der Waals surface area contributed by atoms with E-state index in [4.69, 9.17) is 9.47 Å². The van der Waals surface area contributed by atoms with E-state index in [2.05, 4.69) is 25.1 Å². The molecular weight excluding hydrogens is 252 g/mol. The van der Waals surface area contributed by atoms with Crippen LogP contribution in [-0.2, 0) is 20.7 Å². The predicted octanol–water partition coefficient (Wildman–Crippen LogP) is 2.90. The highest BCUT2D eigenvalue weighted by Gasteiger charge is 2.43. The molecule has 2 aliphatic carbocycles. The first-order valence-electron chi connectivity index (χ1n) is 7.09. The molecule has 0 aromatic heterocycles. The number of rotatable bonds is 3. The van der Waals surface area contributed by atoms with E-state index in [0.717, 1.165) is 18.4 Å². The molecule has 0 amide bonds. The van der Waals surface area contributed by atoms with Gasteiger partial charge in [0, 0.05) is 13.0 Å². The Morgan fingerprint density at radius 2 is 2.10 bits per heavy atom. The molecule has 2 aliphatic rings. The lowest BCUT2D eigenvalue weighted by Crippen LogP contribution is -2.30. The van der Waals surface area contributed by atoms with Crippen LogP contribution < -0.4 is 0 Å². The van der Waals surface area contributed by atoms with Crippen LogP contribution in [0.2, 0.25) is 0 Å². The van der Waals surface area contributed by atoms with Gasteiger partial charge in [0.2, 0.25) is 0 Å². The number of aryl methyl sites for hydroxylation is 1. The number of methoxy groups -OCH3 is 1. The average Bonchev–Trinajstić information content (AvgIpc) is 2.70. The van der Waals surface area contributed by atoms with E-state index in [9.17, 15) is 4.79 Å². The maximum Gasteiger partial charge on any atom is 0.188 e. The Labute approximate surface area is 119 Å². The summed E-state index contributed by atoms with van der Waals surface area (Å²) in [6, 6.07) is 6.36. The smallest absolute Gasteiger partial charge is 0.188 e. The summed E-state index contributed by atoms with van der Waals surface area (Å²) in [5, 5.41) is 0. The molecule has 106 valence electrons. The van der Waals surface area contributed by atoms with Crippen molar-refractivity contribution < 1.29 is 14.3 Å². The number of hydrogen-bond donors (Lipinski definition) is 0. The molecule has 20 heavy (non-hydrogen) atoms. The predicted molar refractivity (Wildman–Crippen MR) is 77.3 cm³/mol. The van der Waals surface area contributed by atoms with Crippen LogP contribution in [0, 0.1) is 12.8 Å². The zero-order valence-corrected chi connectivity index (χ0v) is 12.2. The highest BCUT2D eigenvalue weighted by atomic mass is 16.7. The molecule has 0 fully saturated rings. The number of benzene rings is 1. The molecule has 0 aliphatic heterocycles. The van der Waals surface area contributed by atoms with Crippen LogP contribution in [0.1, 0.15) is 30.0 Å². The standard InChI is InChI=1S/C17H20O3/c1-10-5-4-6-13-12(10)7-8-14-15(13)11(2)16(18)17(14)20-9-19-3/h4-6,14,17H,7-9H2,1-3H3. The first-order valence-corrected chi connectivity index (χ1v) is 7.09.